The molecular weight excluding hydrogens is 489 g/mol. The van der Waals surface area contributed by atoms with Crippen LogP contribution in [0.5, 0.6) is 5.75 Å². The van der Waals surface area contributed by atoms with Crippen molar-refractivity contribution in [2.75, 3.05) is 12.9 Å². The maximum absolute atomic E-state index is 13.9. The highest BCUT2D eigenvalue weighted by atomic mass is 32.2. The first-order chi connectivity index (χ1) is 17.8. The third-order valence-electron chi connectivity index (χ3n) is 4.97. The summed E-state index contributed by atoms with van der Waals surface area (Å²) in [5, 5.41) is 8.09. The van der Waals surface area contributed by atoms with Crippen LogP contribution in [0.3, 0.4) is 0 Å². The molecule has 0 N–H and O–H groups in total. The van der Waals surface area contributed by atoms with Gasteiger partial charge >= 0.3 is 0 Å². The fraction of sp³-hybridized carbons (Fsp3) is 0.414. The topological polar surface area (TPSA) is 69.7 Å². The number of hydrogen-bond acceptors (Lipinski definition) is 7. The monoisotopic (exact) mass is 529 g/mol. The van der Waals surface area contributed by atoms with E-state index in [1.165, 1.54) is 30.7 Å². The van der Waals surface area contributed by atoms with E-state index in [0.29, 0.717) is 33.6 Å². The molecule has 0 radical (unpaired) electrons. The Hall–Kier alpha value is -3.13. The van der Waals surface area contributed by atoms with E-state index in [9.17, 15) is 4.39 Å². The molecule has 8 heteroatoms. The van der Waals surface area contributed by atoms with Gasteiger partial charge < -0.3 is 14.1 Å². The van der Waals surface area contributed by atoms with Gasteiger partial charge in [-0.3, -0.25) is 0 Å². The van der Waals surface area contributed by atoms with Crippen molar-refractivity contribution in [2.24, 2.45) is 5.16 Å². The van der Waals surface area contributed by atoms with Crippen LogP contribution in [0.25, 0.3) is 11.4 Å². The first-order valence-electron chi connectivity index (χ1n) is 12.4. The Morgan fingerprint density at radius 3 is 2.24 bits per heavy atom. The molecule has 1 heterocycles. The van der Waals surface area contributed by atoms with Crippen LogP contribution in [0.4, 0.5) is 4.39 Å². The lowest BCUT2D eigenvalue weighted by Gasteiger charge is -2.14. The molecule has 1 atom stereocenters. The molecule has 0 amide bonds. The zero-order valence-electron chi connectivity index (χ0n) is 23.1. The molecule has 1 unspecified atom stereocenters. The average molecular weight is 530 g/mol. The maximum atomic E-state index is 13.9. The van der Waals surface area contributed by atoms with Crippen molar-refractivity contribution in [2.45, 2.75) is 71.3 Å². The molecule has 0 aliphatic rings. The molecule has 0 aliphatic heterocycles. The van der Waals surface area contributed by atoms with E-state index in [2.05, 4.69) is 42.3 Å². The lowest BCUT2D eigenvalue weighted by molar-refractivity contribution is 0.0630. The maximum Gasteiger partial charge on any atom is 0.229 e. The second-order valence-corrected chi connectivity index (χ2v) is 9.23. The molecule has 3 rings (SSSR count). The Labute approximate surface area is 225 Å². The lowest BCUT2D eigenvalue weighted by Crippen LogP contribution is -2.18. The second kappa shape index (κ2) is 17.3. The van der Waals surface area contributed by atoms with E-state index >= 15 is 0 Å². The summed E-state index contributed by atoms with van der Waals surface area (Å²) in [7, 11) is 0. The largest absolute Gasteiger partial charge is 0.487 e. The third kappa shape index (κ3) is 10.8. The number of oxime groups is 1. The van der Waals surface area contributed by atoms with Crippen molar-refractivity contribution in [3.63, 3.8) is 0 Å². The van der Waals surface area contributed by atoms with Crippen LogP contribution >= 0.6 is 11.8 Å². The van der Waals surface area contributed by atoms with Gasteiger partial charge in [-0.15, -0.1) is 24.9 Å². The van der Waals surface area contributed by atoms with Gasteiger partial charge in [-0.25, -0.2) is 4.39 Å². The highest BCUT2D eigenvalue weighted by Gasteiger charge is 2.12. The molecule has 0 fully saturated rings. The van der Waals surface area contributed by atoms with Gasteiger partial charge in [0.25, 0.3) is 0 Å². The predicted molar refractivity (Wildman–Crippen MR) is 152 cm³/mol. The molecule has 3 aromatic rings. The van der Waals surface area contributed by atoms with Gasteiger partial charge in [0, 0.05) is 21.9 Å². The van der Waals surface area contributed by atoms with Crippen LogP contribution in [0.15, 0.2) is 70.2 Å². The molecule has 6 nitrogen and oxygen atoms in total. The summed E-state index contributed by atoms with van der Waals surface area (Å²) in [6.45, 7) is 18.3. The summed E-state index contributed by atoms with van der Waals surface area (Å²) in [4.78, 5) is 10.4. The van der Waals surface area contributed by atoms with E-state index < -0.39 is 0 Å². The third-order valence-corrected chi connectivity index (χ3v) is 5.74. The van der Waals surface area contributed by atoms with Gasteiger partial charge in [-0.2, -0.15) is 4.98 Å². The summed E-state index contributed by atoms with van der Waals surface area (Å²) >= 11 is 1.37. The van der Waals surface area contributed by atoms with Crippen LogP contribution < -0.4 is 4.74 Å². The van der Waals surface area contributed by atoms with Crippen molar-refractivity contribution in [1.82, 2.24) is 10.1 Å². The molecule has 0 saturated heterocycles. The number of thioether (sulfide) groups is 1. The van der Waals surface area contributed by atoms with Crippen molar-refractivity contribution < 1.29 is 18.5 Å². The summed E-state index contributed by atoms with van der Waals surface area (Å²) in [6.07, 6.45) is 4.25. The zero-order valence-corrected chi connectivity index (χ0v) is 23.9. The van der Waals surface area contributed by atoms with Gasteiger partial charge in [0.05, 0.1) is 5.71 Å². The zero-order chi connectivity index (χ0) is 27.8. The van der Waals surface area contributed by atoms with E-state index in [0.717, 1.165) is 5.56 Å². The summed E-state index contributed by atoms with van der Waals surface area (Å²) in [5.74, 6) is 1.78. The number of aromatic nitrogens is 2. The number of nitrogens with zero attached hydrogens (tertiary/aromatic N) is 3. The van der Waals surface area contributed by atoms with Gasteiger partial charge in [0.1, 0.15) is 17.7 Å². The standard InChI is InChI=1S/C23H26FN3O3S.C4H10.C2H4/c1-14(2)23-25-22(27-30-23)17-6-9-19(10-7-17)29-15(3)13-28-26-16(4)18-8-11-21(31-5)20(24)12-18;1-3-4-2;1-2/h6-12,14-15H,13H2,1-5H3;3-4H2,1-2H3;1-2H2/b26-16+;;. The number of ether oxygens (including phenoxy) is 1. The highest BCUT2D eigenvalue weighted by molar-refractivity contribution is 7.98. The van der Waals surface area contributed by atoms with Gasteiger partial charge in [-0.1, -0.05) is 56.9 Å². The van der Waals surface area contributed by atoms with Crippen LogP contribution in [0, 0.1) is 5.82 Å². The van der Waals surface area contributed by atoms with Crippen molar-refractivity contribution in [3.8, 4) is 17.1 Å². The summed E-state index contributed by atoms with van der Waals surface area (Å²) in [6, 6.07) is 12.5. The quantitative estimate of drug-likeness (QED) is 0.113. The SMILES string of the molecule is C=C.CCCC.CSc1ccc(/C(C)=N/OCC(C)Oc2ccc(-c3noc(C(C)C)n3)cc2)cc1F. The molecule has 0 saturated carbocycles. The van der Waals surface area contributed by atoms with Crippen LogP contribution in [0.1, 0.15) is 71.8 Å². The first-order valence-corrected chi connectivity index (χ1v) is 13.6. The first kappa shape index (κ1) is 31.9. The van der Waals surface area contributed by atoms with Crippen molar-refractivity contribution >= 4 is 17.5 Å². The molecule has 1 aromatic heterocycles. The smallest absolute Gasteiger partial charge is 0.229 e. The Morgan fingerprint density at radius 2 is 1.73 bits per heavy atom. The van der Waals surface area contributed by atoms with Crippen LogP contribution in [-0.2, 0) is 4.84 Å². The average Bonchev–Trinajstić information content (AvgIpc) is 3.41. The lowest BCUT2D eigenvalue weighted by atomic mass is 10.1. The molecule has 202 valence electrons. The van der Waals surface area contributed by atoms with Crippen LogP contribution in [0.2, 0.25) is 0 Å². The van der Waals surface area contributed by atoms with Crippen molar-refractivity contribution in [1.29, 1.82) is 0 Å². The second-order valence-electron chi connectivity index (χ2n) is 8.39. The number of rotatable bonds is 10. The minimum Gasteiger partial charge on any atom is -0.487 e. The molecule has 0 spiro atoms. The number of unbranched alkanes of at least 4 members (excludes halogenated alkanes) is 1. The van der Waals surface area contributed by atoms with E-state index in [-0.39, 0.29) is 24.4 Å². The van der Waals surface area contributed by atoms with E-state index in [1.807, 2.05) is 57.4 Å². The summed E-state index contributed by atoms with van der Waals surface area (Å²) in [5.41, 5.74) is 2.14. The molecule has 0 bridgehead atoms. The number of benzene rings is 2. The summed E-state index contributed by atoms with van der Waals surface area (Å²) < 4.78 is 25.0. The minimum atomic E-state index is -0.263. The Morgan fingerprint density at radius 1 is 1.08 bits per heavy atom. The molecule has 0 aliphatic carbocycles. The predicted octanol–water partition coefficient (Wildman–Crippen LogP) is 8.54. The van der Waals surface area contributed by atoms with Gasteiger partial charge in [-0.05, 0) is 56.5 Å². The molecule has 37 heavy (non-hydrogen) atoms. The Kier molecular flexibility index (Phi) is 15.0. The fourth-order valence-electron chi connectivity index (χ4n) is 2.72. The molecular formula is C29H40FN3O3S. The molecule has 2 aromatic carbocycles. The number of halogens is 1. The minimum absolute atomic E-state index is 0.185. The Bertz CT molecular complexity index is 1080. The van der Waals surface area contributed by atoms with Gasteiger partial charge in [0.15, 0.2) is 6.61 Å². The fourth-order valence-corrected chi connectivity index (χ4v) is 3.18. The normalized spacial score (nSPS) is 11.6. The number of hydrogen-bond donors (Lipinski definition) is 0. The van der Waals surface area contributed by atoms with Crippen molar-refractivity contribution in [3.05, 3.63) is 72.9 Å². The van der Waals surface area contributed by atoms with E-state index in [1.54, 1.807) is 13.0 Å². The van der Waals surface area contributed by atoms with E-state index in [4.69, 9.17) is 14.1 Å². The van der Waals surface area contributed by atoms with Gasteiger partial charge in [0.2, 0.25) is 11.7 Å². The highest BCUT2D eigenvalue weighted by Crippen LogP contribution is 2.23. The Balaban J connectivity index is 0.00000104. The van der Waals surface area contributed by atoms with Crippen LogP contribution in [-0.4, -0.2) is 34.8 Å².